The van der Waals surface area contributed by atoms with Gasteiger partial charge < -0.3 is 35.1 Å². The van der Waals surface area contributed by atoms with Gasteiger partial charge in [0, 0.05) is 36.2 Å². The maximum Gasteiger partial charge on any atom is 0.308 e. The lowest BCUT2D eigenvalue weighted by atomic mass is 9.72. The number of esters is 1. The monoisotopic (exact) mass is 494 g/mol. The van der Waals surface area contributed by atoms with E-state index in [-0.39, 0.29) is 42.8 Å². The predicted molar refractivity (Wildman–Crippen MR) is 132 cm³/mol. The van der Waals surface area contributed by atoms with Gasteiger partial charge >= 0.3 is 5.97 Å². The van der Waals surface area contributed by atoms with E-state index in [1.54, 1.807) is 7.11 Å². The summed E-state index contributed by atoms with van der Waals surface area (Å²) in [6.45, 7) is 7.90. The number of nitrogens with zero attached hydrogens (tertiary/aromatic N) is 2. The summed E-state index contributed by atoms with van der Waals surface area (Å²) in [5.74, 6) is 2.06. The average Bonchev–Trinajstić information content (AvgIpc) is 3.33. The van der Waals surface area contributed by atoms with Crippen LogP contribution in [-0.2, 0) is 17.6 Å². The highest BCUT2D eigenvalue weighted by molar-refractivity contribution is 5.74. The largest absolute Gasteiger partial charge is 0.650 e. The smallest absolute Gasteiger partial charge is 0.308 e. The lowest BCUT2D eigenvalue weighted by Crippen LogP contribution is -2.61. The fourth-order valence-corrected chi connectivity index (χ4v) is 6.94. The van der Waals surface area contributed by atoms with Crippen molar-refractivity contribution in [3.8, 4) is 28.7 Å². The Bertz CT molecular complexity index is 1280. The second-order valence-corrected chi connectivity index (χ2v) is 10.2. The van der Waals surface area contributed by atoms with Crippen molar-refractivity contribution in [3.05, 3.63) is 44.8 Å². The highest BCUT2D eigenvalue weighted by Gasteiger charge is 2.48. The Kier molecular flexibility index (Phi) is 5.37. The number of hydrogen-bond acceptors (Lipinski definition) is 8. The van der Waals surface area contributed by atoms with Crippen LogP contribution < -0.4 is 24.7 Å². The van der Waals surface area contributed by atoms with Crippen LogP contribution >= 0.6 is 0 Å². The van der Waals surface area contributed by atoms with E-state index >= 15 is 0 Å². The van der Waals surface area contributed by atoms with E-state index < -0.39 is 5.97 Å². The second-order valence-electron chi connectivity index (χ2n) is 10.2. The molecule has 0 radical (unpaired) electrons. The molecule has 0 saturated carbocycles. The first-order valence-electron chi connectivity index (χ1n) is 12.5. The molecule has 9 heteroatoms. The Hall–Kier alpha value is -3.01. The van der Waals surface area contributed by atoms with E-state index in [0.29, 0.717) is 36.0 Å². The number of aromatic hydroxyl groups is 1. The average molecular weight is 495 g/mol. The Labute approximate surface area is 210 Å². The SMILES string of the molecule is COc1c(C)cc2c(c1O)[C@H]1[N-][C@@H](C2)[C@H](C)N2C1Cc1c(OC(C)=O)c(C)c3c(c1[C@@H]2CN)OCO3. The molecule has 2 bridgehead atoms. The van der Waals surface area contributed by atoms with Crippen LogP contribution in [-0.4, -0.2) is 54.5 Å². The molecule has 9 nitrogen and oxygen atoms in total. The van der Waals surface area contributed by atoms with Gasteiger partial charge in [-0.3, -0.25) is 9.69 Å². The van der Waals surface area contributed by atoms with Crippen molar-refractivity contribution in [2.24, 2.45) is 5.73 Å². The zero-order valence-electron chi connectivity index (χ0n) is 21.3. The normalized spacial score (nSPS) is 27.7. The number of hydrogen-bond donors (Lipinski definition) is 2. The number of fused-ring (bicyclic) bond motifs is 9. The summed E-state index contributed by atoms with van der Waals surface area (Å²) in [6.07, 6.45) is 1.30. The predicted octanol–water partition coefficient (Wildman–Crippen LogP) is 3.34. The summed E-state index contributed by atoms with van der Waals surface area (Å²) >= 11 is 0. The van der Waals surface area contributed by atoms with E-state index in [0.717, 1.165) is 39.8 Å². The molecule has 2 aromatic rings. The number of carbonyl (C=O) groups is 1. The van der Waals surface area contributed by atoms with Crippen molar-refractivity contribution in [2.75, 3.05) is 20.4 Å². The molecule has 6 rings (SSSR count). The van der Waals surface area contributed by atoms with E-state index in [2.05, 4.69) is 17.9 Å². The number of benzene rings is 2. The summed E-state index contributed by atoms with van der Waals surface area (Å²) in [4.78, 5) is 14.6. The van der Waals surface area contributed by atoms with Gasteiger partial charge in [0.05, 0.1) is 13.2 Å². The third kappa shape index (κ3) is 3.09. The molecule has 0 aromatic heterocycles. The molecule has 192 valence electrons. The van der Waals surface area contributed by atoms with Crippen molar-refractivity contribution >= 4 is 5.97 Å². The van der Waals surface area contributed by atoms with Crippen molar-refractivity contribution in [1.82, 2.24) is 4.90 Å². The minimum Gasteiger partial charge on any atom is -0.650 e. The first-order valence-corrected chi connectivity index (χ1v) is 12.5. The molecule has 2 aromatic carbocycles. The zero-order valence-corrected chi connectivity index (χ0v) is 21.3. The van der Waals surface area contributed by atoms with Crippen LogP contribution in [0.15, 0.2) is 6.07 Å². The number of aryl methyl sites for hydroxylation is 1. The number of methoxy groups -OCH3 is 1. The Morgan fingerprint density at radius 1 is 1.22 bits per heavy atom. The van der Waals surface area contributed by atoms with Gasteiger partial charge in [-0.15, -0.1) is 6.04 Å². The number of phenolic OH excluding ortho intramolecular Hbond substituents is 1. The van der Waals surface area contributed by atoms with Crippen LogP contribution in [0.5, 0.6) is 28.7 Å². The van der Waals surface area contributed by atoms with Crippen LogP contribution in [0.2, 0.25) is 0 Å². The van der Waals surface area contributed by atoms with Gasteiger partial charge in [-0.25, -0.2) is 0 Å². The van der Waals surface area contributed by atoms with Gasteiger partial charge in [-0.2, -0.15) is 0 Å². The summed E-state index contributed by atoms with van der Waals surface area (Å²) in [7, 11) is 1.57. The molecule has 4 heterocycles. The fourth-order valence-electron chi connectivity index (χ4n) is 6.94. The van der Waals surface area contributed by atoms with Crippen LogP contribution in [0.3, 0.4) is 0 Å². The molecule has 0 aliphatic carbocycles. The minimum atomic E-state index is -0.395. The van der Waals surface area contributed by atoms with Gasteiger partial charge in [-0.1, -0.05) is 19.0 Å². The maximum atomic E-state index is 12.1. The van der Waals surface area contributed by atoms with Gasteiger partial charge in [0.25, 0.3) is 0 Å². The summed E-state index contributed by atoms with van der Waals surface area (Å²) in [6, 6.07) is 1.74. The number of nitrogens with two attached hydrogens (primary N) is 1. The lowest BCUT2D eigenvalue weighted by molar-refractivity contribution is -0.132. The topological polar surface area (TPSA) is 118 Å². The molecule has 0 spiro atoms. The third-order valence-electron chi connectivity index (χ3n) is 8.33. The number of ether oxygens (including phenoxy) is 4. The second kappa shape index (κ2) is 8.26. The highest BCUT2D eigenvalue weighted by atomic mass is 16.7. The van der Waals surface area contributed by atoms with Gasteiger partial charge in [0.1, 0.15) is 5.75 Å². The van der Waals surface area contributed by atoms with Gasteiger partial charge in [0.2, 0.25) is 6.79 Å². The molecular weight excluding hydrogens is 462 g/mol. The molecule has 1 unspecified atom stereocenters. The highest BCUT2D eigenvalue weighted by Crippen LogP contribution is 2.59. The van der Waals surface area contributed by atoms with Crippen molar-refractivity contribution < 1.29 is 28.8 Å². The summed E-state index contributed by atoms with van der Waals surface area (Å²) in [5.41, 5.74) is 11.9. The summed E-state index contributed by atoms with van der Waals surface area (Å²) < 4.78 is 23.1. The third-order valence-corrected chi connectivity index (χ3v) is 8.33. The molecule has 1 saturated heterocycles. The first kappa shape index (κ1) is 23.4. The van der Waals surface area contributed by atoms with E-state index in [1.165, 1.54) is 6.92 Å². The number of phenols is 1. The Balaban J connectivity index is 1.57. The Morgan fingerprint density at radius 3 is 2.67 bits per heavy atom. The lowest BCUT2D eigenvalue weighted by Gasteiger charge is -2.65. The van der Waals surface area contributed by atoms with Gasteiger partial charge in [0.15, 0.2) is 23.0 Å². The Morgan fingerprint density at radius 2 is 1.97 bits per heavy atom. The quantitative estimate of drug-likeness (QED) is 0.493. The van der Waals surface area contributed by atoms with Crippen LogP contribution in [0.1, 0.15) is 59.3 Å². The molecule has 36 heavy (non-hydrogen) atoms. The number of carbonyl (C=O) groups excluding carboxylic acids is 1. The van der Waals surface area contributed by atoms with E-state index in [4.69, 9.17) is 30.0 Å². The number of rotatable bonds is 3. The molecule has 4 aliphatic rings. The summed E-state index contributed by atoms with van der Waals surface area (Å²) in [5, 5.41) is 16.5. The zero-order chi connectivity index (χ0) is 25.5. The van der Waals surface area contributed by atoms with Crippen molar-refractivity contribution in [2.45, 2.75) is 70.7 Å². The van der Waals surface area contributed by atoms with E-state index in [1.807, 2.05) is 13.8 Å². The van der Waals surface area contributed by atoms with Crippen molar-refractivity contribution in [1.29, 1.82) is 0 Å². The molecule has 1 fully saturated rings. The minimum absolute atomic E-state index is 0.0603. The van der Waals surface area contributed by atoms with Gasteiger partial charge in [-0.05, 0) is 49.4 Å². The molecular formula is C27H32N3O6-. The van der Waals surface area contributed by atoms with Crippen molar-refractivity contribution in [3.63, 3.8) is 0 Å². The molecule has 0 amide bonds. The molecule has 4 aliphatic heterocycles. The standard InChI is InChI=1S/C27H32N3O6/c1-11-6-15-7-17-13(3)30-18(22(29-17)20(15)23(32)24(11)33-5)8-16-21(19(30)9-28)27-26(34-10-35-27)12(2)25(16)36-14(4)31/h6,13,17-19,22,32H,7-10,28H2,1-5H3/q-1/t13-,17-,18?,19-,22-/m0/s1. The van der Waals surface area contributed by atoms with Crippen LogP contribution in [0, 0.1) is 13.8 Å². The van der Waals surface area contributed by atoms with E-state index in [9.17, 15) is 9.90 Å². The maximum absolute atomic E-state index is 12.1. The first-order chi connectivity index (χ1) is 17.3. The van der Waals surface area contributed by atoms with Crippen LogP contribution in [0.4, 0.5) is 0 Å². The van der Waals surface area contributed by atoms with Crippen LogP contribution in [0.25, 0.3) is 5.32 Å². The molecule has 5 atom stereocenters. The number of piperazine rings is 1. The molecule has 3 N–H and O–H groups in total. The fraction of sp³-hybridized carbons (Fsp3) is 0.519.